The molecule has 234 valence electrons. The second-order valence-corrected chi connectivity index (χ2v) is 15.9. The molecule has 2 N–H and O–H groups in total. The van der Waals surface area contributed by atoms with Crippen LogP contribution in [0.15, 0.2) is 23.3 Å². The predicted molar refractivity (Wildman–Crippen MR) is 158 cm³/mol. The van der Waals surface area contributed by atoms with Crippen molar-refractivity contribution in [2.45, 2.75) is 89.4 Å². The number of cyclic esters (lactones) is 1. The van der Waals surface area contributed by atoms with E-state index in [0.717, 1.165) is 31.3 Å². The van der Waals surface area contributed by atoms with E-state index in [9.17, 15) is 24.6 Å². The minimum Gasteiger partial charge on any atom is -0.458 e. The lowest BCUT2D eigenvalue weighted by Crippen LogP contribution is -2.73. The summed E-state index contributed by atoms with van der Waals surface area (Å²) >= 11 is 7.12. The van der Waals surface area contributed by atoms with Crippen LogP contribution < -0.4 is 0 Å². The summed E-state index contributed by atoms with van der Waals surface area (Å²) in [6, 6.07) is 0. The highest BCUT2D eigenvalue weighted by molar-refractivity contribution is 6.22. The lowest BCUT2D eigenvalue weighted by Gasteiger charge is -2.64. The van der Waals surface area contributed by atoms with Gasteiger partial charge in [0.05, 0.1) is 44.1 Å². The molecule has 0 aromatic rings. The summed E-state index contributed by atoms with van der Waals surface area (Å²) in [6.07, 6.45) is 6.63. The smallest absolute Gasteiger partial charge is 0.362 e. The second kappa shape index (κ2) is 10.7. The van der Waals surface area contributed by atoms with Crippen LogP contribution in [0.25, 0.3) is 0 Å². The zero-order valence-corrected chi connectivity index (χ0v) is 26.9. The molecule has 11 atom stereocenters. The zero-order valence-electron chi connectivity index (χ0n) is 26.2. The third-order valence-electron chi connectivity index (χ3n) is 12.2. The largest absolute Gasteiger partial charge is 0.458 e. The van der Waals surface area contributed by atoms with Crippen LogP contribution in [0.5, 0.6) is 0 Å². The van der Waals surface area contributed by atoms with Crippen LogP contribution in [0.1, 0.15) is 66.2 Å². The number of aliphatic hydroxyl groups is 2. The van der Waals surface area contributed by atoms with E-state index in [1.165, 1.54) is 12.2 Å². The molecule has 0 aromatic carbocycles. The van der Waals surface area contributed by atoms with E-state index >= 15 is 0 Å². The van der Waals surface area contributed by atoms with Crippen molar-refractivity contribution < 1.29 is 38.6 Å². The number of hydrogen-bond donors (Lipinski definition) is 2. The van der Waals surface area contributed by atoms with Gasteiger partial charge in [0.1, 0.15) is 11.7 Å². The molecule has 9 heteroatoms. The number of esters is 2. The second-order valence-electron chi connectivity index (χ2n) is 15.3. The quantitative estimate of drug-likeness (QED) is 0.269. The Balaban J connectivity index is 1.40. The first-order valence-corrected chi connectivity index (χ1v) is 16.0. The summed E-state index contributed by atoms with van der Waals surface area (Å²) in [7, 11) is 5.69. The van der Waals surface area contributed by atoms with E-state index in [2.05, 4.69) is 13.8 Å². The maximum absolute atomic E-state index is 13.8. The first-order valence-electron chi connectivity index (χ1n) is 15.6. The normalized spacial score (nSPS) is 44.2. The van der Waals surface area contributed by atoms with Gasteiger partial charge in [-0.3, -0.25) is 4.79 Å². The van der Waals surface area contributed by atoms with Crippen molar-refractivity contribution in [1.29, 1.82) is 0 Å². The minimum atomic E-state index is -1.70. The van der Waals surface area contributed by atoms with Gasteiger partial charge in [-0.15, -0.1) is 11.6 Å². The Morgan fingerprint density at radius 1 is 1.19 bits per heavy atom. The molecule has 42 heavy (non-hydrogen) atoms. The Labute approximate surface area is 255 Å². The molecule has 5 aliphatic rings. The minimum absolute atomic E-state index is 0.0195. The zero-order chi connectivity index (χ0) is 31.0. The molecule has 0 aromatic heterocycles. The number of aliphatic hydroxyl groups excluding tert-OH is 1. The van der Waals surface area contributed by atoms with E-state index in [4.69, 9.17) is 21.1 Å². The van der Waals surface area contributed by atoms with Gasteiger partial charge in [-0.05, 0) is 93.1 Å². The van der Waals surface area contributed by atoms with Crippen LogP contribution in [0.2, 0.25) is 0 Å². The summed E-state index contributed by atoms with van der Waals surface area (Å²) < 4.78 is 12.1. The Morgan fingerprint density at radius 2 is 1.88 bits per heavy atom. The van der Waals surface area contributed by atoms with E-state index in [-0.39, 0.29) is 48.2 Å². The van der Waals surface area contributed by atoms with Gasteiger partial charge in [-0.1, -0.05) is 19.4 Å². The van der Waals surface area contributed by atoms with Crippen molar-refractivity contribution in [1.82, 2.24) is 0 Å². The van der Waals surface area contributed by atoms with Gasteiger partial charge in [0.2, 0.25) is 0 Å². The monoisotopic (exact) mass is 606 g/mol. The molecule has 5 rings (SSSR count). The first-order chi connectivity index (χ1) is 19.5. The number of halogens is 1. The first kappa shape index (κ1) is 31.7. The molecule has 3 saturated carbocycles. The van der Waals surface area contributed by atoms with Crippen molar-refractivity contribution in [3.05, 3.63) is 23.3 Å². The van der Waals surface area contributed by atoms with E-state index < -0.39 is 34.4 Å². The molecule has 0 unspecified atom stereocenters. The van der Waals surface area contributed by atoms with Crippen LogP contribution in [0.4, 0.5) is 0 Å². The average molecular weight is 607 g/mol. The molecule has 1 heterocycles. The van der Waals surface area contributed by atoms with Gasteiger partial charge in [0.25, 0.3) is 0 Å². The maximum Gasteiger partial charge on any atom is 0.362 e. The third-order valence-corrected chi connectivity index (χ3v) is 12.7. The van der Waals surface area contributed by atoms with Crippen LogP contribution in [-0.2, 0) is 23.9 Å². The number of rotatable bonds is 6. The molecule has 1 aliphatic heterocycles. The number of alkyl halides is 1. The highest BCUT2D eigenvalue weighted by Crippen LogP contribution is 2.69. The average Bonchev–Trinajstić information content (AvgIpc) is 3.24. The number of carbonyl (C=O) groups excluding carboxylic acids is 3. The van der Waals surface area contributed by atoms with Crippen molar-refractivity contribution in [2.75, 3.05) is 34.3 Å². The summed E-state index contributed by atoms with van der Waals surface area (Å²) in [5.74, 6) is -0.154. The Hall–Kier alpha value is -1.74. The fourth-order valence-corrected chi connectivity index (χ4v) is 10.5. The van der Waals surface area contributed by atoms with Gasteiger partial charge < -0.3 is 24.2 Å². The number of hydrogen-bond acceptors (Lipinski definition) is 7. The number of fused-ring (bicyclic) bond motifs is 5. The highest BCUT2D eigenvalue weighted by Gasteiger charge is 2.72. The number of ether oxygens (including phenoxy) is 2. The fraction of sp³-hybridized carbons (Fsp3) is 0.788. The number of quaternary nitrogens is 1. The Bertz CT molecular complexity index is 1210. The van der Waals surface area contributed by atoms with Crippen LogP contribution >= 0.6 is 11.6 Å². The van der Waals surface area contributed by atoms with E-state index in [1.54, 1.807) is 0 Å². The number of allylic oxidation sites excluding steroid dienone is 1. The Kier molecular flexibility index (Phi) is 8.08. The number of nitrogens with zero attached hydrogens (tertiary/aromatic N) is 1. The van der Waals surface area contributed by atoms with Gasteiger partial charge >= 0.3 is 11.9 Å². The Morgan fingerprint density at radius 3 is 2.50 bits per heavy atom. The molecule has 0 radical (unpaired) electrons. The third kappa shape index (κ3) is 4.70. The standard InChI is InChI=1S/C33H49ClNO7/c1-18-14-25(41-30(39)21(18)17-36)19(2)22-8-9-23-20-15-26(34)33(40)28(42-29(38)16-35(5,6)7)11-10-27(37)32(33,4)24(20)12-13-31(22,23)3/h10-11,19-20,22-26,28,36,40H,8-9,12-17H2,1-7H3/q+1/t19-,20-,22+,23-,24-,25+,26-,28-,31+,32-,33-/m0/s1. The summed E-state index contributed by atoms with van der Waals surface area (Å²) in [4.78, 5) is 39.2. The number of carbonyl (C=O) groups is 3. The molecule has 0 spiro atoms. The van der Waals surface area contributed by atoms with Gasteiger partial charge in [-0.25, -0.2) is 9.59 Å². The van der Waals surface area contributed by atoms with E-state index in [0.29, 0.717) is 34.7 Å². The van der Waals surface area contributed by atoms with E-state index in [1.807, 2.05) is 35.0 Å². The SMILES string of the molecule is CC1=C(CO)C(=O)O[C@@H]([C@@H](C)[C@H]2CC[C@H]3[C@@H]4C[C@H](Cl)[C@]5(O)[C@@H](OC(=O)C[N+](C)(C)C)C=CC(=O)[C@]5(C)[C@H]4CC[C@]23C)C1. The molecule has 8 nitrogen and oxygen atoms in total. The molecular formula is C33H49ClNO7+. The van der Waals surface area contributed by atoms with Crippen molar-refractivity contribution in [2.24, 2.45) is 40.4 Å². The lowest BCUT2D eigenvalue weighted by atomic mass is 9.43. The molecule has 4 aliphatic carbocycles. The van der Waals surface area contributed by atoms with Gasteiger partial charge in [-0.2, -0.15) is 0 Å². The molecular weight excluding hydrogens is 558 g/mol. The van der Waals surface area contributed by atoms with Crippen molar-refractivity contribution in [3.63, 3.8) is 0 Å². The number of ketones is 1. The lowest BCUT2D eigenvalue weighted by molar-refractivity contribution is -0.862. The van der Waals surface area contributed by atoms with Crippen LogP contribution in [-0.4, -0.2) is 89.9 Å². The highest BCUT2D eigenvalue weighted by atomic mass is 35.5. The van der Waals surface area contributed by atoms with Crippen LogP contribution in [0.3, 0.4) is 0 Å². The van der Waals surface area contributed by atoms with Crippen molar-refractivity contribution in [3.8, 4) is 0 Å². The predicted octanol–water partition coefficient (Wildman–Crippen LogP) is 3.81. The molecule has 0 saturated heterocycles. The topological polar surface area (TPSA) is 110 Å². The van der Waals surface area contributed by atoms with Gasteiger partial charge in [0.15, 0.2) is 18.4 Å². The summed E-state index contributed by atoms with van der Waals surface area (Å²) in [5.41, 5.74) is -1.62. The van der Waals surface area contributed by atoms with Gasteiger partial charge in [0, 0.05) is 6.42 Å². The molecule has 0 amide bonds. The summed E-state index contributed by atoms with van der Waals surface area (Å²) in [5, 5.41) is 21.2. The maximum atomic E-state index is 13.8. The molecule has 0 bridgehead atoms. The molecule has 3 fully saturated rings. The van der Waals surface area contributed by atoms with Crippen molar-refractivity contribution >= 4 is 29.3 Å². The van der Waals surface area contributed by atoms with Crippen LogP contribution in [0, 0.1) is 40.4 Å². The summed E-state index contributed by atoms with van der Waals surface area (Å²) in [6.45, 7) is 8.14. The fourth-order valence-electron chi connectivity index (χ4n) is 9.92. The number of likely N-dealkylation sites (N-methyl/N-ethyl adjacent to an activating group) is 1.